The number of carbonyl (C=O) groups excluding carboxylic acids is 2. The number of esters is 1. The van der Waals surface area contributed by atoms with E-state index in [2.05, 4.69) is 10.3 Å². The molecule has 0 bridgehead atoms. The summed E-state index contributed by atoms with van der Waals surface area (Å²) < 4.78 is 33.1. The number of aryl methyl sites for hydroxylation is 1. The number of ether oxygens (including phenoxy) is 1. The quantitative estimate of drug-likeness (QED) is 0.675. The summed E-state index contributed by atoms with van der Waals surface area (Å²) in [5, 5.41) is 4.39. The number of anilines is 1. The summed E-state index contributed by atoms with van der Waals surface area (Å²) in [5.74, 6) is -3.10. The van der Waals surface area contributed by atoms with Crippen molar-refractivity contribution in [2.45, 2.75) is 13.0 Å². The van der Waals surface area contributed by atoms with Crippen molar-refractivity contribution in [2.24, 2.45) is 7.05 Å². The lowest BCUT2D eigenvalue weighted by atomic mass is 10.2. The maximum absolute atomic E-state index is 13.3. The summed E-state index contributed by atoms with van der Waals surface area (Å²) in [5.41, 5.74) is 1.10. The van der Waals surface area contributed by atoms with Crippen LogP contribution in [0.3, 0.4) is 0 Å². The number of nitrogens with one attached hydrogen (secondary N) is 1. The number of thiazole rings is 1. The van der Waals surface area contributed by atoms with Gasteiger partial charge in [0.25, 0.3) is 5.91 Å². The summed E-state index contributed by atoms with van der Waals surface area (Å²) in [4.78, 5) is 28.4. The first kappa shape index (κ1) is 18.7. The molecule has 2 aromatic heterocycles. The van der Waals surface area contributed by atoms with Gasteiger partial charge in [0.2, 0.25) is 0 Å². The van der Waals surface area contributed by atoms with Gasteiger partial charge in [-0.3, -0.25) is 10.1 Å². The molecule has 0 saturated carbocycles. The molecule has 0 radical (unpaired) electrons. The van der Waals surface area contributed by atoms with Crippen LogP contribution in [-0.2, 0) is 16.6 Å². The molecule has 0 saturated heterocycles. The second-order valence-corrected chi connectivity index (χ2v) is 6.57. The van der Waals surface area contributed by atoms with Gasteiger partial charge in [0.1, 0.15) is 5.69 Å². The number of aromatic nitrogens is 2. The predicted octanol–water partition coefficient (Wildman–Crippen LogP) is 3.61. The summed E-state index contributed by atoms with van der Waals surface area (Å²) in [6.07, 6.45) is 0.652. The second-order valence-electron chi connectivity index (χ2n) is 5.71. The highest BCUT2D eigenvalue weighted by atomic mass is 32.1. The van der Waals surface area contributed by atoms with Gasteiger partial charge in [-0.1, -0.05) is 0 Å². The molecule has 0 spiro atoms. The molecule has 3 rings (SSSR count). The predicted molar refractivity (Wildman–Crippen MR) is 96.4 cm³/mol. The third kappa shape index (κ3) is 4.20. The van der Waals surface area contributed by atoms with Gasteiger partial charge in [0.15, 0.2) is 22.9 Å². The molecule has 1 atom stereocenters. The third-order valence-electron chi connectivity index (χ3n) is 3.76. The fourth-order valence-electron chi connectivity index (χ4n) is 2.27. The molecule has 0 aliphatic heterocycles. The van der Waals surface area contributed by atoms with E-state index in [-0.39, 0.29) is 5.13 Å². The normalized spacial score (nSPS) is 11.9. The summed E-state index contributed by atoms with van der Waals surface area (Å²) in [6.45, 7) is 1.44. The van der Waals surface area contributed by atoms with Gasteiger partial charge >= 0.3 is 5.97 Å². The monoisotopic (exact) mass is 391 g/mol. The highest BCUT2D eigenvalue weighted by Gasteiger charge is 2.21. The Labute approximate surface area is 157 Å². The molecule has 1 aromatic carbocycles. The molecular weight excluding hydrogens is 376 g/mol. The Morgan fingerprint density at radius 2 is 2.04 bits per heavy atom. The van der Waals surface area contributed by atoms with Crippen molar-refractivity contribution in [3.05, 3.63) is 59.2 Å². The average Bonchev–Trinajstić information content (AvgIpc) is 3.26. The zero-order valence-electron chi connectivity index (χ0n) is 14.4. The van der Waals surface area contributed by atoms with E-state index in [9.17, 15) is 18.4 Å². The molecule has 2 heterocycles. The lowest BCUT2D eigenvalue weighted by molar-refractivity contribution is -0.123. The van der Waals surface area contributed by atoms with Gasteiger partial charge in [-0.05, 0) is 37.3 Å². The van der Waals surface area contributed by atoms with E-state index in [0.29, 0.717) is 17.0 Å². The topological polar surface area (TPSA) is 73.2 Å². The summed E-state index contributed by atoms with van der Waals surface area (Å²) in [6, 6.07) is 6.70. The Balaban J connectivity index is 1.64. The van der Waals surface area contributed by atoms with Crippen molar-refractivity contribution >= 4 is 28.3 Å². The molecule has 140 valence electrons. The van der Waals surface area contributed by atoms with E-state index >= 15 is 0 Å². The van der Waals surface area contributed by atoms with Crippen LogP contribution in [0.4, 0.5) is 13.9 Å². The maximum Gasteiger partial charge on any atom is 0.355 e. The van der Waals surface area contributed by atoms with Crippen LogP contribution in [-0.4, -0.2) is 27.5 Å². The van der Waals surface area contributed by atoms with Gasteiger partial charge < -0.3 is 9.30 Å². The minimum absolute atomic E-state index is 0.251. The van der Waals surface area contributed by atoms with Crippen molar-refractivity contribution < 1.29 is 23.1 Å². The Morgan fingerprint density at radius 1 is 1.26 bits per heavy atom. The van der Waals surface area contributed by atoms with Crippen LogP contribution in [0.5, 0.6) is 0 Å². The lowest BCUT2D eigenvalue weighted by Gasteiger charge is -2.12. The number of halogens is 2. The molecule has 1 N–H and O–H groups in total. The zero-order chi connectivity index (χ0) is 19.6. The Hall–Kier alpha value is -3.07. The van der Waals surface area contributed by atoms with Crippen molar-refractivity contribution in [3.63, 3.8) is 0 Å². The lowest BCUT2D eigenvalue weighted by Crippen LogP contribution is -2.30. The fraction of sp³-hybridized carbons (Fsp3) is 0.167. The van der Waals surface area contributed by atoms with Crippen LogP contribution in [0.15, 0.2) is 41.9 Å². The number of nitrogens with zero attached hydrogens (tertiary/aromatic N) is 2. The van der Waals surface area contributed by atoms with Crippen molar-refractivity contribution in [1.29, 1.82) is 0 Å². The molecule has 0 fully saturated rings. The van der Waals surface area contributed by atoms with E-state index in [4.69, 9.17) is 4.74 Å². The molecule has 0 aliphatic rings. The number of benzene rings is 1. The fourth-order valence-corrected chi connectivity index (χ4v) is 3.00. The van der Waals surface area contributed by atoms with Crippen LogP contribution >= 0.6 is 11.3 Å². The minimum atomic E-state index is -1.04. The van der Waals surface area contributed by atoms with Gasteiger partial charge in [0, 0.05) is 24.2 Å². The average molecular weight is 391 g/mol. The smallest absolute Gasteiger partial charge is 0.355 e. The molecule has 1 unspecified atom stereocenters. The summed E-state index contributed by atoms with van der Waals surface area (Å²) in [7, 11) is 1.69. The minimum Gasteiger partial charge on any atom is -0.448 e. The van der Waals surface area contributed by atoms with Crippen LogP contribution in [0.25, 0.3) is 11.3 Å². The Bertz CT molecular complexity index is 999. The third-order valence-corrected chi connectivity index (χ3v) is 4.51. The largest absolute Gasteiger partial charge is 0.448 e. The molecule has 9 heteroatoms. The first-order valence-corrected chi connectivity index (χ1v) is 8.77. The van der Waals surface area contributed by atoms with E-state index in [0.717, 1.165) is 23.5 Å². The maximum atomic E-state index is 13.3. The Morgan fingerprint density at radius 3 is 2.70 bits per heavy atom. The SMILES string of the molecule is CC(OC(=O)c1cccn1C)C(=O)Nc1nc(-c2ccc(F)c(F)c2)cs1. The molecular formula is C18H15F2N3O3S. The molecule has 3 aromatic rings. The van der Waals surface area contributed by atoms with Gasteiger partial charge in [0.05, 0.1) is 5.69 Å². The van der Waals surface area contributed by atoms with Gasteiger partial charge in [-0.2, -0.15) is 0 Å². The van der Waals surface area contributed by atoms with E-state index < -0.39 is 29.6 Å². The van der Waals surface area contributed by atoms with Crippen molar-refractivity contribution in [3.8, 4) is 11.3 Å². The standard InChI is InChI=1S/C18H15F2N3O3S/c1-10(26-17(25)15-4-3-7-23(15)2)16(24)22-18-21-14(9-27-18)11-5-6-12(19)13(20)8-11/h3-10H,1-2H3,(H,21,22,24). The zero-order valence-corrected chi connectivity index (χ0v) is 15.2. The second kappa shape index (κ2) is 7.67. The van der Waals surface area contributed by atoms with Crippen molar-refractivity contribution in [1.82, 2.24) is 9.55 Å². The number of hydrogen-bond acceptors (Lipinski definition) is 5. The van der Waals surface area contributed by atoms with E-state index in [1.165, 1.54) is 13.0 Å². The van der Waals surface area contributed by atoms with Gasteiger partial charge in [-0.15, -0.1) is 11.3 Å². The van der Waals surface area contributed by atoms with Crippen LogP contribution in [0.1, 0.15) is 17.4 Å². The van der Waals surface area contributed by atoms with Crippen LogP contribution < -0.4 is 5.32 Å². The molecule has 6 nitrogen and oxygen atoms in total. The first-order chi connectivity index (χ1) is 12.8. The number of hydrogen-bond donors (Lipinski definition) is 1. The molecule has 27 heavy (non-hydrogen) atoms. The Kier molecular flexibility index (Phi) is 5.31. The van der Waals surface area contributed by atoms with Crippen LogP contribution in [0, 0.1) is 11.6 Å². The number of amides is 1. The highest BCUT2D eigenvalue weighted by Crippen LogP contribution is 2.26. The number of rotatable bonds is 5. The van der Waals surface area contributed by atoms with E-state index in [1.807, 2.05) is 0 Å². The first-order valence-electron chi connectivity index (χ1n) is 7.89. The van der Waals surface area contributed by atoms with Crippen molar-refractivity contribution in [2.75, 3.05) is 5.32 Å². The molecule has 0 aliphatic carbocycles. The van der Waals surface area contributed by atoms with Crippen LogP contribution in [0.2, 0.25) is 0 Å². The van der Waals surface area contributed by atoms with Gasteiger partial charge in [-0.25, -0.2) is 18.6 Å². The summed E-state index contributed by atoms with van der Waals surface area (Å²) >= 11 is 1.12. The van der Waals surface area contributed by atoms with E-state index in [1.54, 1.807) is 35.3 Å². The number of carbonyl (C=O) groups is 2. The molecule has 1 amide bonds. The highest BCUT2D eigenvalue weighted by molar-refractivity contribution is 7.14.